The molecule has 0 saturated heterocycles. The molecule has 0 N–H and O–H groups in total. The molecular weight excluding hydrogens is 1770 g/mol. The Morgan fingerprint density at radius 3 is 0.755 bits per heavy atom. The zero-order valence-corrected chi connectivity index (χ0v) is 81.3. The maximum Gasteiger partial charge on any atom is 0.227 e. The van der Waals surface area contributed by atoms with Crippen LogP contribution in [0.5, 0.6) is 0 Å². The number of anilines is 15. The van der Waals surface area contributed by atoms with Crippen LogP contribution in [0.2, 0.25) is 0 Å². The lowest BCUT2D eigenvalue weighted by Gasteiger charge is -2.33. The maximum absolute atomic E-state index is 8.82. The summed E-state index contributed by atoms with van der Waals surface area (Å²) in [6, 6.07) is 62.6. The summed E-state index contributed by atoms with van der Waals surface area (Å²) in [7, 11) is 0. The van der Waals surface area contributed by atoms with E-state index >= 15 is 0 Å². The number of hydrogen-bond donors (Lipinski definition) is 0. The Balaban J connectivity index is 0.000000137. The van der Waals surface area contributed by atoms with Crippen molar-refractivity contribution in [3.8, 4) is 0 Å². The minimum atomic E-state index is -2.52. The summed E-state index contributed by atoms with van der Waals surface area (Å²) in [5.74, 6) is 2.06. The standard InChI is InChI=1S/2C24H25N3O.2C23H24N4O.C21H20N4O.5CH4/c2*1-14(2)26-17(5)27(21-9-7-6-8-20(21)26)22-15(3)10-12-18-19-13-11-16(4)25-24(19)28-23(18)22;2*1-13(2)26-16(5)27(22-19(26)7-6-12-24-22)20-14(3)8-10-17-18-11-9-15(4)25-23(18)28-21(17)20;1-12-7-9-15-16-10-8-13(2)23-21(16)26-19(15)18(12)25-14(3)24(4)17-6-5-11-22-20(17)25;;;;;/h2*6-14,17H,1-5H3;2*6-13,16H,1-5H3;5-11,14H,1-4H3;5*1H4/i1D3,14D;14D;1D3,13D;13D;4D3;;;;;. The number of nitrogens with zero attached hydrogens (tertiary/aromatic N) is 18. The Labute approximate surface area is 859 Å². The van der Waals surface area contributed by atoms with Gasteiger partial charge in [-0.15, -0.1) is 0 Å². The number of para-hydroxylation sites is 4. The first-order valence-corrected chi connectivity index (χ1v) is 46.8. The molecule has 0 spiro atoms. The second kappa shape index (κ2) is 39.0. The molecule has 7 aromatic carbocycles. The number of aryl methyl sites for hydroxylation is 10. The molecule has 0 saturated carbocycles. The third-order valence-electron chi connectivity index (χ3n) is 27.3. The summed E-state index contributed by atoms with van der Waals surface area (Å²) >= 11 is 0. The topological polar surface area (TPSA) is 201 Å². The van der Waals surface area contributed by atoms with Crippen molar-refractivity contribution in [1.29, 1.82) is 0 Å². The van der Waals surface area contributed by atoms with Gasteiger partial charge in [-0.1, -0.05) is 122 Å². The van der Waals surface area contributed by atoms with Gasteiger partial charge < -0.3 is 71.1 Å². The van der Waals surface area contributed by atoms with Crippen LogP contribution in [-0.2, 0) is 0 Å². The smallest absolute Gasteiger partial charge is 0.227 e. The Hall–Kier alpha value is -15.3. The van der Waals surface area contributed by atoms with Crippen LogP contribution < -0.4 is 49.0 Å². The highest BCUT2D eigenvalue weighted by Gasteiger charge is 2.44. The van der Waals surface area contributed by atoms with E-state index in [1.54, 1.807) is 46.6 Å². The Morgan fingerprint density at radius 1 is 0.252 bits per heavy atom. The first kappa shape index (κ1) is 84.6. The molecule has 143 heavy (non-hydrogen) atoms. The fourth-order valence-corrected chi connectivity index (χ4v) is 21.2. The molecule has 0 amide bonds. The Bertz CT molecular complexity index is 8170. The summed E-state index contributed by atoms with van der Waals surface area (Å²) in [4.78, 5) is 56.1. The predicted octanol–water partition coefficient (Wildman–Crippen LogP) is 32.1. The van der Waals surface area contributed by atoms with E-state index in [1.807, 2.05) is 247 Å². The van der Waals surface area contributed by atoms with E-state index < -0.39 is 63.2 Å². The molecule has 23 heteroatoms. The van der Waals surface area contributed by atoms with Gasteiger partial charge in [-0.25, -0.2) is 39.9 Å². The molecule has 0 radical (unpaired) electrons. The fourth-order valence-electron chi connectivity index (χ4n) is 21.2. The van der Waals surface area contributed by atoms with Crippen LogP contribution in [0.25, 0.3) is 110 Å². The number of furan rings is 5. The van der Waals surface area contributed by atoms with E-state index in [0.717, 1.165) is 184 Å². The normalized spacial score (nSPS) is 18.6. The summed E-state index contributed by atoms with van der Waals surface area (Å²) in [5.41, 5.74) is 26.8. The number of hydrogen-bond acceptors (Lipinski definition) is 23. The molecule has 738 valence electrons. The predicted molar refractivity (Wildman–Crippen MR) is 601 cm³/mol. The van der Waals surface area contributed by atoms with Gasteiger partial charge in [-0.05, 0) is 308 Å². The molecule has 5 aliphatic rings. The van der Waals surface area contributed by atoms with Gasteiger partial charge in [0.1, 0.15) is 30.8 Å². The molecule has 5 aliphatic heterocycles. The lowest BCUT2D eigenvalue weighted by atomic mass is 10.1. The summed E-state index contributed by atoms with van der Waals surface area (Å²) < 4.78 is 139. The zero-order valence-electron chi connectivity index (χ0n) is 94.3. The van der Waals surface area contributed by atoms with E-state index in [4.69, 9.17) is 44.9 Å². The first-order chi connectivity index (χ1) is 71.3. The van der Waals surface area contributed by atoms with Crippen LogP contribution in [0, 0.1) is 69.2 Å². The average Bonchev–Trinajstić information content (AvgIpc) is 1.65. The summed E-state index contributed by atoms with van der Waals surface area (Å²) in [6.07, 6.45) is 3.71. The molecule has 18 heterocycles. The second-order valence-electron chi connectivity index (χ2n) is 37.0. The Morgan fingerprint density at radius 2 is 0.476 bits per heavy atom. The molecule has 20 aromatic rings. The van der Waals surface area contributed by atoms with Gasteiger partial charge in [0.2, 0.25) is 28.6 Å². The van der Waals surface area contributed by atoms with Gasteiger partial charge >= 0.3 is 0 Å². The molecule has 23 nitrogen and oxygen atoms in total. The molecule has 7 atom stereocenters. The molecule has 25 rings (SSSR count). The van der Waals surface area contributed by atoms with Crippen molar-refractivity contribution in [2.24, 2.45) is 0 Å². The summed E-state index contributed by atoms with van der Waals surface area (Å²) in [5, 5.41) is 9.80. The van der Waals surface area contributed by atoms with E-state index in [1.165, 1.54) is 18.7 Å². The SMILES string of the molecule is C.C.C.C.C.[2H]C(C)(C)N1c2ccccc2N(c2c(C)ccc3c2oc2nc(C)ccc23)C1C.[2H]C(C)(C)N1c2cccnc2N(c2c(C)ccc3c2oc2nc(C)ccc23)C1C.[2H]C([2H])([2H])C([2H])(C)N1c2ccccc2N(c2c(C)ccc3c2oc2nc(C)ccc23)C1C.[2H]C([2H])([2H])C([2H])(C)N1c2cccnc2N(c2c(C)ccc3c2oc2nc(C)ccc23)C1C.[2H]C([2H])([2H])N1c2cccnc2N(c2c(C)ccc3c2oc2nc(C)ccc23)C1C. The number of benzene rings is 7. The molecule has 0 bridgehead atoms. The van der Waals surface area contributed by atoms with Gasteiger partial charge in [0, 0.05) is 144 Å². The zero-order chi connectivity index (χ0) is 107. The number of pyridine rings is 8. The maximum atomic E-state index is 8.82. The number of fused-ring (bicyclic) bond motifs is 20. The molecule has 7 unspecified atom stereocenters. The highest BCUT2D eigenvalue weighted by atomic mass is 16.4. The lowest BCUT2D eigenvalue weighted by molar-refractivity contribution is 0.601. The largest absolute Gasteiger partial charge is 0.435 e. The highest BCUT2D eigenvalue weighted by molar-refractivity contribution is 6.15. The fraction of sp³-hybridized carbons (Fsp3) is 0.317. The molecule has 13 aromatic heterocycles. The first-order valence-electron chi connectivity index (χ1n) is 53.3. The van der Waals surface area contributed by atoms with Crippen LogP contribution in [0.3, 0.4) is 0 Å². The minimum Gasteiger partial charge on any atom is -0.435 e. The van der Waals surface area contributed by atoms with Crippen LogP contribution >= 0.6 is 0 Å². The Kier molecular flexibility index (Phi) is 23.1. The van der Waals surface area contributed by atoms with Gasteiger partial charge in [0.25, 0.3) is 0 Å². The van der Waals surface area contributed by atoms with Crippen molar-refractivity contribution in [3.63, 3.8) is 0 Å². The highest BCUT2D eigenvalue weighted by Crippen LogP contribution is 2.56. The van der Waals surface area contributed by atoms with Gasteiger partial charge in [0.15, 0.2) is 45.4 Å². The van der Waals surface area contributed by atoms with E-state index in [2.05, 4.69) is 142 Å². The van der Waals surface area contributed by atoms with Crippen molar-refractivity contribution in [2.45, 2.75) is 251 Å². The second-order valence-corrected chi connectivity index (χ2v) is 37.0. The van der Waals surface area contributed by atoms with Gasteiger partial charge in [-0.3, -0.25) is 0 Å². The average molecular weight is 1930 g/mol. The molecule has 0 aliphatic carbocycles. The monoisotopic (exact) mass is 1920 g/mol. The van der Waals surface area contributed by atoms with Crippen LogP contribution in [0.1, 0.15) is 201 Å². The lowest BCUT2D eigenvalue weighted by Crippen LogP contribution is -2.42. The third kappa shape index (κ3) is 16.5. The summed E-state index contributed by atoms with van der Waals surface area (Å²) in [6.45, 7) is 33.2. The van der Waals surface area contributed by atoms with Crippen LogP contribution in [0.15, 0.2) is 247 Å². The van der Waals surface area contributed by atoms with Crippen molar-refractivity contribution >= 4 is 196 Å². The number of rotatable bonds is 9. The molecule has 0 fully saturated rings. The van der Waals surface area contributed by atoms with E-state index in [0.29, 0.717) is 68.3 Å². The van der Waals surface area contributed by atoms with Crippen molar-refractivity contribution in [2.75, 3.05) is 56.0 Å². The number of aromatic nitrogens is 8. The van der Waals surface area contributed by atoms with Gasteiger partial charge in [-0.2, -0.15) is 0 Å². The molecular formula is C120H138N18O5. The van der Waals surface area contributed by atoms with Crippen molar-refractivity contribution < 1.29 is 39.9 Å². The van der Waals surface area contributed by atoms with Crippen LogP contribution in [0.4, 0.5) is 85.7 Å². The minimum absolute atomic E-state index is 0. The van der Waals surface area contributed by atoms with E-state index in [-0.39, 0.29) is 49.5 Å². The van der Waals surface area contributed by atoms with Crippen molar-refractivity contribution in [1.82, 2.24) is 39.9 Å². The van der Waals surface area contributed by atoms with Crippen LogP contribution in [-0.4, -0.2) is 102 Å². The quantitative estimate of drug-likeness (QED) is 0.132. The van der Waals surface area contributed by atoms with Gasteiger partial charge in [0.05, 0.1) is 73.7 Å². The van der Waals surface area contributed by atoms with E-state index in [9.17, 15) is 0 Å². The third-order valence-corrected chi connectivity index (χ3v) is 27.3. The van der Waals surface area contributed by atoms with Crippen molar-refractivity contribution in [3.05, 3.63) is 281 Å².